The van der Waals surface area contributed by atoms with Gasteiger partial charge in [-0.1, -0.05) is 0 Å². The summed E-state index contributed by atoms with van der Waals surface area (Å²) in [6.45, 7) is -0.278. The Morgan fingerprint density at radius 3 is 0.771 bits per heavy atom. The Hall–Kier alpha value is -3.87. The number of carbonyl (C=O) groups is 7. The summed E-state index contributed by atoms with van der Waals surface area (Å²) >= 11 is 0. The van der Waals surface area contributed by atoms with Crippen LogP contribution in [-0.4, -0.2) is 86.7 Å². The molecule has 204 valence electrons. The first kappa shape index (κ1) is 38.4. The molecule has 0 saturated carbocycles. The van der Waals surface area contributed by atoms with Crippen LogP contribution < -0.4 is 40.1 Å². The molecule has 35 heavy (non-hydrogen) atoms. The van der Waals surface area contributed by atoms with Gasteiger partial charge >= 0.3 is 23.9 Å². The van der Waals surface area contributed by atoms with Crippen molar-refractivity contribution in [2.45, 2.75) is 56.7 Å². The van der Waals surface area contributed by atoms with Crippen molar-refractivity contribution in [3.8, 4) is 0 Å². The van der Waals surface area contributed by atoms with Gasteiger partial charge in [-0.3, -0.25) is 33.6 Å². The van der Waals surface area contributed by atoms with E-state index in [4.69, 9.17) is 54.8 Å². The maximum Gasteiger partial charge on any atom is 0.320 e. The zero-order chi connectivity index (χ0) is 28.7. The van der Waals surface area contributed by atoms with Crippen molar-refractivity contribution in [3.05, 3.63) is 0 Å². The van der Waals surface area contributed by atoms with Gasteiger partial charge in [-0.15, -0.1) is 0 Å². The standard InChI is InChI=1S/3C5H10N2O3.C2H5NO2/c3*6-3(5(9)10)1-2-4(7)8;3-1-2(4)5/h3*3H,1-2,6H2,(H2,7,8)(H,9,10);1,3H2,(H,4,5)/t3*3-;/m000./s1. The largest absolute Gasteiger partial charge is 0.480 e. The van der Waals surface area contributed by atoms with Crippen LogP contribution >= 0.6 is 0 Å². The van der Waals surface area contributed by atoms with Gasteiger partial charge in [-0.25, -0.2) is 0 Å². The van der Waals surface area contributed by atoms with Gasteiger partial charge in [-0.2, -0.15) is 0 Å². The van der Waals surface area contributed by atoms with Crippen LogP contribution in [0.25, 0.3) is 0 Å². The molecule has 0 bridgehead atoms. The van der Waals surface area contributed by atoms with Crippen LogP contribution in [0, 0.1) is 0 Å². The van der Waals surface area contributed by atoms with Gasteiger partial charge in [0.2, 0.25) is 17.7 Å². The molecule has 18 N–H and O–H groups in total. The summed E-state index contributed by atoms with van der Waals surface area (Å²) in [5.41, 5.74) is 34.0. The van der Waals surface area contributed by atoms with Gasteiger partial charge in [0.05, 0.1) is 6.54 Å². The minimum absolute atomic E-state index is 0.0213. The summed E-state index contributed by atoms with van der Waals surface area (Å²) in [5.74, 6) is -5.89. The molecule has 18 heteroatoms. The number of rotatable bonds is 13. The summed E-state index contributed by atoms with van der Waals surface area (Å²) in [4.78, 5) is 69.6. The third-order valence-corrected chi connectivity index (χ3v) is 3.23. The third-order valence-electron chi connectivity index (χ3n) is 3.23. The second-order valence-corrected chi connectivity index (χ2v) is 6.45. The van der Waals surface area contributed by atoms with Crippen LogP contribution in [0.15, 0.2) is 0 Å². The number of carbonyl (C=O) groups excluding carboxylic acids is 3. The van der Waals surface area contributed by atoms with Gasteiger partial charge in [0.15, 0.2) is 0 Å². The lowest BCUT2D eigenvalue weighted by Crippen LogP contribution is -2.31. The number of primary amides is 3. The molecule has 0 aromatic rings. The summed E-state index contributed by atoms with van der Waals surface area (Å²) in [5, 5.41) is 32.3. The molecule has 3 atom stereocenters. The summed E-state index contributed by atoms with van der Waals surface area (Å²) in [6, 6.07) is -2.94. The minimum atomic E-state index is -1.11. The average Bonchev–Trinajstić information content (AvgIpc) is 2.74. The molecular formula is C17H35N7O11. The molecule has 0 radical (unpaired) electrons. The highest BCUT2D eigenvalue weighted by molar-refractivity contribution is 5.78. The average molecular weight is 514 g/mol. The fraction of sp³-hybridized carbons (Fsp3) is 0.588. The van der Waals surface area contributed by atoms with Crippen molar-refractivity contribution >= 4 is 41.6 Å². The predicted octanol–water partition coefficient (Wildman–Crippen LogP) is -4.98. The van der Waals surface area contributed by atoms with Crippen LogP contribution in [0.1, 0.15) is 38.5 Å². The maximum absolute atomic E-state index is 10.1. The van der Waals surface area contributed by atoms with E-state index in [9.17, 15) is 33.6 Å². The Morgan fingerprint density at radius 2 is 0.686 bits per heavy atom. The Morgan fingerprint density at radius 1 is 0.514 bits per heavy atom. The normalized spacial score (nSPS) is 11.8. The first-order chi connectivity index (χ1) is 15.9. The Kier molecular flexibility index (Phi) is 25.6. The number of carboxylic acid groups (broad SMARTS) is 4. The monoisotopic (exact) mass is 513 g/mol. The zero-order valence-corrected chi connectivity index (χ0v) is 18.9. The van der Waals surface area contributed by atoms with Crippen molar-refractivity contribution < 1.29 is 54.0 Å². The number of amides is 3. The first-order valence-electron chi connectivity index (χ1n) is 9.60. The highest BCUT2D eigenvalue weighted by atomic mass is 16.4. The minimum Gasteiger partial charge on any atom is -0.480 e. The lowest BCUT2D eigenvalue weighted by Gasteiger charge is -2.01. The lowest BCUT2D eigenvalue weighted by molar-refractivity contribution is -0.139. The van der Waals surface area contributed by atoms with Gasteiger partial charge < -0.3 is 60.6 Å². The topological polar surface area (TPSA) is 383 Å². The fourth-order valence-corrected chi connectivity index (χ4v) is 1.26. The summed E-state index contributed by atoms with van der Waals surface area (Å²) in [6.07, 6.45) is 0.369. The second kappa shape index (κ2) is 23.3. The Labute approximate surface area is 199 Å². The van der Waals surface area contributed by atoms with E-state index >= 15 is 0 Å². The predicted molar refractivity (Wildman–Crippen MR) is 119 cm³/mol. The quantitative estimate of drug-likeness (QED) is 0.110. The number of carboxylic acids is 4. The zero-order valence-electron chi connectivity index (χ0n) is 18.9. The molecule has 0 aromatic heterocycles. The summed E-state index contributed by atoms with van der Waals surface area (Å²) in [7, 11) is 0. The molecule has 3 amide bonds. The molecule has 0 spiro atoms. The Bertz CT molecular complexity index is 623. The van der Waals surface area contributed by atoms with E-state index in [2.05, 4.69) is 5.73 Å². The van der Waals surface area contributed by atoms with Crippen molar-refractivity contribution in [1.82, 2.24) is 0 Å². The van der Waals surface area contributed by atoms with E-state index in [1.807, 2.05) is 0 Å². The molecule has 0 aliphatic rings. The van der Waals surface area contributed by atoms with E-state index in [-0.39, 0.29) is 45.1 Å². The smallest absolute Gasteiger partial charge is 0.320 e. The highest BCUT2D eigenvalue weighted by Crippen LogP contribution is 1.93. The van der Waals surface area contributed by atoms with E-state index in [1.165, 1.54) is 0 Å². The molecule has 0 saturated heterocycles. The molecule has 0 rings (SSSR count). The van der Waals surface area contributed by atoms with Gasteiger partial charge in [0.1, 0.15) is 18.1 Å². The van der Waals surface area contributed by atoms with E-state index in [0.29, 0.717) is 0 Å². The lowest BCUT2D eigenvalue weighted by atomic mass is 10.2. The van der Waals surface area contributed by atoms with E-state index in [1.54, 1.807) is 0 Å². The Balaban J connectivity index is -0.000000188. The van der Waals surface area contributed by atoms with Crippen LogP contribution in [0.2, 0.25) is 0 Å². The number of hydrogen-bond donors (Lipinski definition) is 11. The molecule has 18 nitrogen and oxygen atoms in total. The van der Waals surface area contributed by atoms with Crippen molar-refractivity contribution in [2.75, 3.05) is 6.54 Å². The van der Waals surface area contributed by atoms with Gasteiger partial charge in [0, 0.05) is 19.3 Å². The van der Waals surface area contributed by atoms with Crippen LogP contribution in [0.5, 0.6) is 0 Å². The van der Waals surface area contributed by atoms with Gasteiger partial charge in [0.25, 0.3) is 0 Å². The first-order valence-corrected chi connectivity index (χ1v) is 9.60. The molecular weight excluding hydrogens is 478 g/mol. The molecule has 0 aliphatic carbocycles. The SMILES string of the molecule is NC(=O)CC[C@H](N)C(=O)O.NC(=O)CC[C@H](N)C(=O)O.NC(=O)CC[C@H](N)C(=O)O.NCC(=O)O. The summed E-state index contributed by atoms with van der Waals surface area (Å²) < 4.78 is 0. The number of hydrogen-bond acceptors (Lipinski definition) is 11. The van der Waals surface area contributed by atoms with Crippen LogP contribution in [-0.2, 0) is 33.6 Å². The van der Waals surface area contributed by atoms with Crippen molar-refractivity contribution in [2.24, 2.45) is 40.1 Å². The van der Waals surface area contributed by atoms with Gasteiger partial charge in [-0.05, 0) is 19.3 Å². The molecule has 0 aliphatic heterocycles. The van der Waals surface area contributed by atoms with Crippen molar-refractivity contribution in [1.29, 1.82) is 0 Å². The number of aliphatic carboxylic acids is 4. The molecule has 0 fully saturated rings. The van der Waals surface area contributed by atoms with Crippen molar-refractivity contribution in [3.63, 3.8) is 0 Å². The number of nitrogens with two attached hydrogens (primary N) is 7. The molecule has 0 unspecified atom stereocenters. The maximum atomic E-state index is 10.1. The van der Waals surface area contributed by atoms with E-state index < -0.39 is 59.7 Å². The van der Waals surface area contributed by atoms with Crippen LogP contribution in [0.4, 0.5) is 0 Å². The van der Waals surface area contributed by atoms with E-state index in [0.717, 1.165) is 0 Å². The molecule has 0 aromatic carbocycles. The second-order valence-electron chi connectivity index (χ2n) is 6.45. The fourth-order valence-electron chi connectivity index (χ4n) is 1.26. The molecule has 0 heterocycles. The third kappa shape index (κ3) is 37.8. The van der Waals surface area contributed by atoms with Crippen LogP contribution in [0.3, 0.4) is 0 Å². The highest BCUT2D eigenvalue weighted by Gasteiger charge is 2.12.